The normalized spacial score (nSPS) is 12.4. The zero-order chi connectivity index (χ0) is 15.7. The van der Waals surface area contributed by atoms with Crippen LogP contribution in [-0.4, -0.2) is 5.97 Å². The molecule has 0 heterocycles. The molecule has 1 aromatic rings. The number of ether oxygens (including phenoxy) is 1. The maximum Gasteiger partial charge on any atom is 0.316 e. The van der Waals surface area contributed by atoms with Gasteiger partial charge in [0.1, 0.15) is 5.75 Å². The lowest BCUT2D eigenvalue weighted by molar-refractivity contribution is -0.143. The van der Waals surface area contributed by atoms with Gasteiger partial charge >= 0.3 is 5.97 Å². The summed E-state index contributed by atoms with van der Waals surface area (Å²) in [7, 11) is 0. The number of rotatable bonds is 3. The Hall–Kier alpha value is -1.31. The Morgan fingerprint density at radius 3 is 2.10 bits per heavy atom. The number of hydrogen-bond acceptors (Lipinski definition) is 2. The first kappa shape index (κ1) is 16.7. The molecule has 0 bridgehead atoms. The van der Waals surface area contributed by atoms with E-state index in [-0.39, 0.29) is 11.4 Å². The fourth-order valence-electron chi connectivity index (χ4n) is 2.31. The Bertz CT molecular complexity index is 505. The van der Waals surface area contributed by atoms with Crippen LogP contribution in [0.2, 0.25) is 0 Å². The van der Waals surface area contributed by atoms with Gasteiger partial charge in [0, 0.05) is 5.56 Å². The summed E-state index contributed by atoms with van der Waals surface area (Å²) in [6.07, 6.45) is 0.997. The molecule has 0 aliphatic heterocycles. The van der Waals surface area contributed by atoms with Crippen LogP contribution in [0.4, 0.5) is 0 Å². The smallest absolute Gasteiger partial charge is 0.316 e. The molecule has 2 heteroatoms. The van der Waals surface area contributed by atoms with Gasteiger partial charge in [-0.3, -0.25) is 4.79 Å². The van der Waals surface area contributed by atoms with Crippen LogP contribution in [0.3, 0.4) is 0 Å². The number of hydrogen-bond donors (Lipinski definition) is 0. The maximum atomic E-state index is 12.2. The first-order valence-corrected chi connectivity index (χ1v) is 7.33. The molecule has 0 atom stereocenters. The standard InChI is InChI=1S/C18H28O2/c1-9-18(7,8)15-13(3)10-12(2)11-14(15)20-16(19)17(4,5)6/h10-11H,9H2,1-8H3. The van der Waals surface area contributed by atoms with Crippen LogP contribution in [-0.2, 0) is 10.2 Å². The minimum Gasteiger partial charge on any atom is -0.426 e. The number of carbonyl (C=O) groups is 1. The predicted molar refractivity (Wildman–Crippen MR) is 84.3 cm³/mol. The zero-order valence-electron chi connectivity index (χ0n) is 14.2. The molecule has 1 aromatic carbocycles. The van der Waals surface area contributed by atoms with E-state index in [1.807, 2.05) is 33.8 Å². The average Bonchev–Trinajstić information content (AvgIpc) is 2.26. The van der Waals surface area contributed by atoms with Crippen LogP contribution in [0.25, 0.3) is 0 Å². The lowest BCUT2D eigenvalue weighted by Gasteiger charge is -2.29. The molecule has 0 amide bonds. The Kier molecular flexibility index (Phi) is 4.68. The molecular formula is C18H28O2. The maximum absolute atomic E-state index is 12.2. The SMILES string of the molecule is CCC(C)(C)c1c(C)cc(C)cc1OC(=O)C(C)(C)C. The van der Waals surface area contributed by atoms with E-state index < -0.39 is 5.41 Å². The van der Waals surface area contributed by atoms with Gasteiger partial charge in [-0.25, -0.2) is 0 Å². The van der Waals surface area contributed by atoms with Crippen molar-refractivity contribution in [3.05, 3.63) is 28.8 Å². The molecule has 0 aliphatic carbocycles. The number of benzene rings is 1. The molecule has 2 nitrogen and oxygen atoms in total. The van der Waals surface area contributed by atoms with E-state index in [9.17, 15) is 4.79 Å². The summed E-state index contributed by atoms with van der Waals surface area (Å²) < 4.78 is 5.72. The van der Waals surface area contributed by atoms with Crippen molar-refractivity contribution < 1.29 is 9.53 Å². The number of carbonyl (C=O) groups excluding carboxylic acids is 1. The predicted octanol–water partition coefficient (Wildman–Crippen LogP) is 4.94. The molecule has 0 aliphatic rings. The molecule has 112 valence electrons. The molecule has 0 unspecified atom stereocenters. The van der Waals surface area contributed by atoms with E-state index in [0.29, 0.717) is 5.75 Å². The van der Waals surface area contributed by atoms with E-state index in [4.69, 9.17) is 4.74 Å². The minimum atomic E-state index is -0.495. The highest BCUT2D eigenvalue weighted by molar-refractivity contribution is 5.78. The van der Waals surface area contributed by atoms with E-state index in [0.717, 1.165) is 17.5 Å². The molecule has 0 aromatic heterocycles. The topological polar surface area (TPSA) is 26.3 Å². The van der Waals surface area contributed by atoms with E-state index in [1.54, 1.807) is 0 Å². The van der Waals surface area contributed by atoms with Gasteiger partial charge in [0.15, 0.2) is 0 Å². The van der Waals surface area contributed by atoms with Crippen molar-refractivity contribution in [2.45, 2.75) is 67.2 Å². The number of esters is 1. The molecular weight excluding hydrogens is 248 g/mol. The second-order valence-corrected chi connectivity index (χ2v) is 7.33. The van der Waals surface area contributed by atoms with Crippen molar-refractivity contribution in [1.29, 1.82) is 0 Å². The minimum absolute atomic E-state index is 0.00865. The van der Waals surface area contributed by atoms with Crippen LogP contribution in [0.1, 0.15) is 64.7 Å². The van der Waals surface area contributed by atoms with E-state index >= 15 is 0 Å². The first-order chi connectivity index (χ1) is 8.99. The van der Waals surface area contributed by atoms with Crippen molar-refractivity contribution in [2.24, 2.45) is 5.41 Å². The monoisotopic (exact) mass is 276 g/mol. The van der Waals surface area contributed by atoms with Gasteiger partial charge in [-0.2, -0.15) is 0 Å². The molecule has 0 N–H and O–H groups in total. The van der Waals surface area contributed by atoms with Crippen molar-refractivity contribution in [2.75, 3.05) is 0 Å². The Labute approximate surface area is 123 Å². The highest BCUT2D eigenvalue weighted by Gasteiger charge is 2.29. The van der Waals surface area contributed by atoms with Gasteiger partial charge in [0.2, 0.25) is 0 Å². The lowest BCUT2D eigenvalue weighted by Crippen LogP contribution is -2.28. The molecule has 20 heavy (non-hydrogen) atoms. The fourth-order valence-corrected chi connectivity index (χ4v) is 2.31. The van der Waals surface area contributed by atoms with Gasteiger partial charge in [-0.05, 0) is 63.6 Å². The number of aryl methyl sites for hydroxylation is 2. The summed E-state index contributed by atoms with van der Waals surface area (Å²) in [5.74, 6) is 0.532. The van der Waals surface area contributed by atoms with Crippen molar-refractivity contribution in [3.8, 4) is 5.75 Å². The Morgan fingerprint density at radius 2 is 1.65 bits per heavy atom. The van der Waals surface area contributed by atoms with Crippen LogP contribution in [0.5, 0.6) is 5.75 Å². The lowest BCUT2D eigenvalue weighted by atomic mass is 9.79. The summed E-state index contributed by atoms with van der Waals surface area (Å²) in [6.45, 7) is 16.3. The van der Waals surface area contributed by atoms with Crippen LogP contribution in [0, 0.1) is 19.3 Å². The third-order valence-electron chi connectivity index (χ3n) is 3.82. The van der Waals surface area contributed by atoms with Gasteiger partial charge in [-0.1, -0.05) is 26.8 Å². The van der Waals surface area contributed by atoms with Gasteiger partial charge < -0.3 is 4.74 Å². The van der Waals surface area contributed by atoms with Crippen molar-refractivity contribution in [3.63, 3.8) is 0 Å². The van der Waals surface area contributed by atoms with Crippen molar-refractivity contribution in [1.82, 2.24) is 0 Å². The van der Waals surface area contributed by atoms with E-state index in [1.165, 1.54) is 5.56 Å². The summed E-state index contributed by atoms with van der Waals surface area (Å²) >= 11 is 0. The third-order valence-corrected chi connectivity index (χ3v) is 3.82. The summed E-state index contributed by atoms with van der Waals surface area (Å²) in [6, 6.07) is 4.13. The van der Waals surface area contributed by atoms with Crippen molar-refractivity contribution >= 4 is 5.97 Å². The molecule has 0 spiro atoms. The molecule has 0 radical (unpaired) electrons. The van der Waals surface area contributed by atoms with Crippen LogP contribution < -0.4 is 4.74 Å². The quantitative estimate of drug-likeness (QED) is 0.577. The molecule has 0 saturated heterocycles. The summed E-state index contributed by atoms with van der Waals surface area (Å²) in [5.41, 5.74) is 2.95. The second kappa shape index (κ2) is 5.59. The third kappa shape index (κ3) is 3.62. The average molecular weight is 276 g/mol. The molecule has 0 saturated carbocycles. The van der Waals surface area contributed by atoms with Gasteiger partial charge in [0.05, 0.1) is 5.41 Å². The zero-order valence-corrected chi connectivity index (χ0v) is 14.2. The fraction of sp³-hybridized carbons (Fsp3) is 0.611. The van der Waals surface area contributed by atoms with Gasteiger partial charge in [-0.15, -0.1) is 0 Å². The first-order valence-electron chi connectivity index (χ1n) is 7.33. The van der Waals surface area contributed by atoms with Crippen LogP contribution in [0.15, 0.2) is 12.1 Å². The summed E-state index contributed by atoms with van der Waals surface area (Å²) in [4.78, 5) is 12.2. The largest absolute Gasteiger partial charge is 0.426 e. The highest BCUT2D eigenvalue weighted by Crippen LogP contribution is 2.38. The molecule has 0 fully saturated rings. The van der Waals surface area contributed by atoms with Crippen LogP contribution >= 0.6 is 0 Å². The highest BCUT2D eigenvalue weighted by atomic mass is 16.5. The Balaban J connectivity index is 3.35. The second-order valence-electron chi connectivity index (χ2n) is 7.33. The molecule has 1 rings (SSSR count). The van der Waals surface area contributed by atoms with Gasteiger partial charge in [0.25, 0.3) is 0 Å². The van der Waals surface area contributed by atoms with E-state index in [2.05, 4.69) is 33.8 Å². The Morgan fingerprint density at radius 1 is 1.10 bits per heavy atom. The summed E-state index contributed by atoms with van der Waals surface area (Å²) in [5, 5.41) is 0.